The number of carboxylic acid groups (broad SMARTS) is 1. The fourth-order valence-electron chi connectivity index (χ4n) is 2.49. The van der Waals surface area contributed by atoms with Crippen molar-refractivity contribution in [1.29, 1.82) is 0 Å². The molecule has 1 aromatic rings. The van der Waals surface area contributed by atoms with Crippen LogP contribution >= 0.6 is 0 Å². The van der Waals surface area contributed by atoms with E-state index in [4.69, 9.17) is 5.11 Å². The molecule has 1 amide bonds. The smallest absolute Gasteiger partial charge is 0.306 e. The lowest BCUT2D eigenvalue weighted by Crippen LogP contribution is -2.40. The molecule has 0 spiro atoms. The van der Waals surface area contributed by atoms with Gasteiger partial charge in [0.1, 0.15) is 0 Å². The Hall–Kier alpha value is -1.78. The van der Waals surface area contributed by atoms with Crippen LogP contribution in [0.2, 0.25) is 0 Å². The van der Waals surface area contributed by atoms with Gasteiger partial charge in [0.05, 0.1) is 5.92 Å². The van der Waals surface area contributed by atoms with Crippen molar-refractivity contribution in [2.45, 2.75) is 32.1 Å². The van der Waals surface area contributed by atoms with Crippen LogP contribution in [0, 0.1) is 5.92 Å². The molecule has 0 radical (unpaired) electrons. The predicted molar refractivity (Wildman–Crippen MR) is 70.7 cm³/mol. The highest BCUT2D eigenvalue weighted by Gasteiger charge is 2.26. The molecule has 0 aliphatic carbocycles. The molecule has 1 saturated heterocycles. The van der Waals surface area contributed by atoms with E-state index in [1.807, 2.05) is 18.5 Å². The van der Waals surface area contributed by atoms with Crippen molar-refractivity contribution in [3.05, 3.63) is 24.0 Å². The molecule has 19 heavy (non-hydrogen) atoms. The van der Waals surface area contributed by atoms with Crippen LogP contribution in [0.25, 0.3) is 0 Å². The number of likely N-dealkylation sites (tertiary alicyclic amines) is 1. The van der Waals surface area contributed by atoms with E-state index in [0.29, 0.717) is 32.4 Å². The third-order valence-electron chi connectivity index (χ3n) is 3.72. The topological polar surface area (TPSA) is 73.4 Å². The van der Waals surface area contributed by atoms with Crippen LogP contribution in [-0.2, 0) is 16.0 Å². The molecule has 0 aromatic carbocycles. The summed E-state index contributed by atoms with van der Waals surface area (Å²) >= 11 is 0. The summed E-state index contributed by atoms with van der Waals surface area (Å²) in [4.78, 5) is 27.6. The summed E-state index contributed by atoms with van der Waals surface area (Å²) in [7, 11) is 0. The number of nitrogens with zero attached hydrogens (tertiary/aromatic N) is 1. The first kappa shape index (κ1) is 13.6. The fourth-order valence-corrected chi connectivity index (χ4v) is 2.49. The van der Waals surface area contributed by atoms with Crippen LogP contribution in [0.15, 0.2) is 18.5 Å². The predicted octanol–water partition coefficient (Wildman–Crippen LogP) is 1.66. The summed E-state index contributed by atoms with van der Waals surface area (Å²) in [5.74, 6) is -0.858. The molecular weight excluding hydrogens is 244 g/mol. The standard InChI is InChI=1S/C14H20N2O3/c17-13(3-1-2-11-4-7-15-10-11)16-8-5-12(6-9-16)14(18)19/h4,7,10,12,15H,1-3,5-6,8-9H2,(H,18,19). The summed E-state index contributed by atoms with van der Waals surface area (Å²) in [5.41, 5.74) is 1.22. The number of carbonyl (C=O) groups is 2. The van der Waals surface area contributed by atoms with Crippen LogP contribution in [-0.4, -0.2) is 40.0 Å². The highest BCUT2D eigenvalue weighted by molar-refractivity contribution is 5.77. The number of H-pyrrole nitrogens is 1. The SMILES string of the molecule is O=C(O)C1CCN(C(=O)CCCc2cc[nH]c2)CC1. The lowest BCUT2D eigenvalue weighted by atomic mass is 9.97. The Kier molecular flexibility index (Phi) is 4.60. The number of nitrogens with one attached hydrogen (secondary N) is 1. The number of hydrogen-bond acceptors (Lipinski definition) is 2. The van der Waals surface area contributed by atoms with Crippen molar-refractivity contribution < 1.29 is 14.7 Å². The quantitative estimate of drug-likeness (QED) is 0.849. The van der Waals surface area contributed by atoms with Crippen molar-refractivity contribution in [2.75, 3.05) is 13.1 Å². The molecule has 5 heteroatoms. The minimum atomic E-state index is -0.737. The Bertz CT molecular complexity index is 420. The molecule has 2 rings (SSSR count). The Labute approximate surface area is 112 Å². The zero-order chi connectivity index (χ0) is 13.7. The minimum Gasteiger partial charge on any atom is -0.481 e. The lowest BCUT2D eigenvalue weighted by Gasteiger charge is -2.30. The van der Waals surface area contributed by atoms with Crippen LogP contribution in [0.1, 0.15) is 31.2 Å². The number of aromatic amines is 1. The maximum atomic E-state index is 12.0. The maximum Gasteiger partial charge on any atom is 0.306 e. The molecule has 1 aromatic heterocycles. The average molecular weight is 264 g/mol. The zero-order valence-electron chi connectivity index (χ0n) is 11.0. The van der Waals surface area contributed by atoms with Gasteiger partial charge in [-0.05, 0) is 37.3 Å². The second-order valence-electron chi connectivity index (χ2n) is 5.07. The van der Waals surface area contributed by atoms with E-state index in [1.54, 1.807) is 4.90 Å². The van der Waals surface area contributed by atoms with Gasteiger partial charge >= 0.3 is 5.97 Å². The van der Waals surface area contributed by atoms with Crippen LogP contribution in [0.3, 0.4) is 0 Å². The number of piperidine rings is 1. The van der Waals surface area contributed by atoms with Gasteiger partial charge < -0.3 is 15.0 Å². The molecule has 1 aliphatic rings. The number of carboxylic acids is 1. The largest absolute Gasteiger partial charge is 0.481 e. The minimum absolute atomic E-state index is 0.152. The van der Waals surface area contributed by atoms with Gasteiger partial charge in [-0.2, -0.15) is 0 Å². The molecule has 2 heterocycles. The molecule has 0 saturated carbocycles. The van der Waals surface area contributed by atoms with Gasteiger partial charge in [-0.25, -0.2) is 0 Å². The third-order valence-corrected chi connectivity index (χ3v) is 3.72. The van der Waals surface area contributed by atoms with Crippen molar-refractivity contribution in [3.63, 3.8) is 0 Å². The average Bonchev–Trinajstić information content (AvgIpc) is 2.92. The van der Waals surface area contributed by atoms with Gasteiger partial charge in [0.2, 0.25) is 5.91 Å². The molecule has 0 unspecified atom stereocenters. The number of aromatic nitrogens is 1. The number of aliphatic carboxylic acids is 1. The van der Waals surface area contributed by atoms with Crippen molar-refractivity contribution >= 4 is 11.9 Å². The summed E-state index contributed by atoms with van der Waals surface area (Å²) < 4.78 is 0. The van der Waals surface area contributed by atoms with Crippen molar-refractivity contribution in [1.82, 2.24) is 9.88 Å². The van der Waals surface area contributed by atoms with Gasteiger partial charge in [0.15, 0.2) is 0 Å². The van der Waals surface area contributed by atoms with Crippen LogP contribution < -0.4 is 0 Å². The van der Waals surface area contributed by atoms with Gasteiger partial charge in [-0.1, -0.05) is 0 Å². The van der Waals surface area contributed by atoms with Crippen molar-refractivity contribution in [3.8, 4) is 0 Å². The normalized spacial score (nSPS) is 16.5. The van der Waals surface area contributed by atoms with E-state index in [1.165, 1.54) is 5.56 Å². The van der Waals surface area contributed by atoms with E-state index < -0.39 is 5.97 Å². The lowest BCUT2D eigenvalue weighted by molar-refractivity contribution is -0.145. The summed E-state index contributed by atoms with van der Waals surface area (Å²) in [6, 6.07) is 2.02. The van der Waals surface area contributed by atoms with Crippen LogP contribution in [0.4, 0.5) is 0 Å². The zero-order valence-corrected chi connectivity index (χ0v) is 11.0. The molecule has 2 N–H and O–H groups in total. The van der Waals surface area contributed by atoms with Gasteiger partial charge in [-0.3, -0.25) is 9.59 Å². The first-order chi connectivity index (χ1) is 9.16. The first-order valence-electron chi connectivity index (χ1n) is 6.79. The number of rotatable bonds is 5. The number of aryl methyl sites for hydroxylation is 1. The van der Waals surface area contributed by atoms with E-state index in [0.717, 1.165) is 12.8 Å². The van der Waals surface area contributed by atoms with Gasteiger partial charge in [0.25, 0.3) is 0 Å². The van der Waals surface area contributed by atoms with E-state index in [2.05, 4.69) is 4.98 Å². The first-order valence-corrected chi connectivity index (χ1v) is 6.79. The maximum absolute atomic E-state index is 12.0. The van der Waals surface area contributed by atoms with E-state index >= 15 is 0 Å². The summed E-state index contributed by atoms with van der Waals surface area (Å²) in [6.45, 7) is 1.17. The number of hydrogen-bond donors (Lipinski definition) is 2. The highest BCUT2D eigenvalue weighted by atomic mass is 16.4. The second kappa shape index (κ2) is 6.41. The fraction of sp³-hybridized carbons (Fsp3) is 0.571. The molecule has 1 aliphatic heterocycles. The molecule has 0 bridgehead atoms. The van der Waals surface area contributed by atoms with E-state index in [9.17, 15) is 9.59 Å². The Morgan fingerprint density at radius 1 is 1.37 bits per heavy atom. The Morgan fingerprint density at radius 3 is 2.68 bits per heavy atom. The molecule has 0 atom stereocenters. The Morgan fingerprint density at radius 2 is 2.11 bits per heavy atom. The molecule has 104 valence electrons. The second-order valence-corrected chi connectivity index (χ2v) is 5.07. The molecular formula is C14H20N2O3. The van der Waals surface area contributed by atoms with E-state index in [-0.39, 0.29) is 11.8 Å². The monoisotopic (exact) mass is 264 g/mol. The third kappa shape index (κ3) is 3.84. The summed E-state index contributed by atoms with van der Waals surface area (Å²) in [6.07, 6.45) is 7.29. The summed E-state index contributed by atoms with van der Waals surface area (Å²) in [5, 5.41) is 8.90. The number of amides is 1. The number of carbonyl (C=O) groups excluding carboxylic acids is 1. The van der Waals surface area contributed by atoms with Crippen molar-refractivity contribution in [2.24, 2.45) is 5.92 Å². The van der Waals surface area contributed by atoms with Gasteiger partial charge in [0, 0.05) is 31.9 Å². The van der Waals surface area contributed by atoms with Crippen LogP contribution in [0.5, 0.6) is 0 Å². The van der Waals surface area contributed by atoms with Gasteiger partial charge in [-0.15, -0.1) is 0 Å². The molecule has 1 fully saturated rings. The Balaban J connectivity index is 1.68. The highest BCUT2D eigenvalue weighted by Crippen LogP contribution is 2.18. The molecule has 5 nitrogen and oxygen atoms in total.